The molecular formula is C16H33NO. The number of unbranched alkanes of at least 4 members (excludes halogenated alkanes) is 3. The smallest absolute Gasteiger partial charge is 0.0809 e. The molecule has 1 fully saturated rings. The van der Waals surface area contributed by atoms with Crippen LogP contribution in [-0.4, -0.2) is 24.8 Å². The normalized spacial score (nSPS) is 20.2. The van der Waals surface area contributed by atoms with Gasteiger partial charge in [-0.15, -0.1) is 0 Å². The third-order valence-electron chi connectivity index (χ3n) is 4.13. The van der Waals surface area contributed by atoms with Gasteiger partial charge in [-0.3, -0.25) is 0 Å². The fourth-order valence-electron chi connectivity index (χ4n) is 3.05. The SMILES string of the molecule is CCCCCCC(C)OC1(CNCC)CCCC1. The summed E-state index contributed by atoms with van der Waals surface area (Å²) in [7, 11) is 0. The van der Waals surface area contributed by atoms with E-state index >= 15 is 0 Å². The van der Waals surface area contributed by atoms with Crippen molar-refractivity contribution in [1.29, 1.82) is 0 Å². The molecule has 2 nitrogen and oxygen atoms in total. The molecular weight excluding hydrogens is 222 g/mol. The van der Waals surface area contributed by atoms with E-state index in [1.807, 2.05) is 0 Å². The lowest BCUT2D eigenvalue weighted by atomic mass is 10.0. The third kappa shape index (κ3) is 5.71. The van der Waals surface area contributed by atoms with Crippen molar-refractivity contribution in [2.45, 2.75) is 90.3 Å². The topological polar surface area (TPSA) is 21.3 Å². The van der Waals surface area contributed by atoms with Gasteiger partial charge in [-0.05, 0) is 32.7 Å². The second kappa shape index (κ2) is 8.92. The molecule has 0 amide bonds. The molecule has 0 saturated heterocycles. The summed E-state index contributed by atoms with van der Waals surface area (Å²) in [5.74, 6) is 0. The second-order valence-electron chi connectivity index (χ2n) is 5.95. The van der Waals surface area contributed by atoms with Crippen LogP contribution in [-0.2, 0) is 4.74 Å². The van der Waals surface area contributed by atoms with Gasteiger partial charge in [-0.2, -0.15) is 0 Å². The zero-order valence-electron chi connectivity index (χ0n) is 12.8. The lowest BCUT2D eigenvalue weighted by Crippen LogP contribution is -2.42. The molecule has 108 valence electrons. The first-order valence-electron chi connectivity index (χ1n) is 8.11. The molecule has 0 aromatic rings. The zero-order chi connectivity index (χ0) is 13.3. The number of hydrogen-bond donors (Lipinski definition) is 1. The van der Waals surface area contributed by atoms with Gasteiger partial charge in [-0.1, -0.05) is 52.4 Å². The molecule has 0 aromatic heterocycles. The van der Waals surface area contributed by atoms with E-state index in [1.54, 1.807) is 0 Å². The molecule has 1 aliphatic rings. The molecule has 0 aliphatic heterocycles. The highest BCUT2D eigenvalue weighted by atomic mass is 16.5. The maximum absolute atomic E-state index is 6.42. The number of ether oxygens (including phenoxy) is 1. The Morgan fingerprint density at radius 2 is 1.83 bits per heavy atom. The molecule has 1 unspecified atom stereocenters. The van der Waals surface area contributed by atoms with Crippen LogP contribution in [0.3, 0.4) is 0 Å². The van der Waals surface area contributed by atoms with E-state index in [9.17, 15) is 0 Å². The minimum absolute atomic E-state index is 0.153. The summed E-state index contributed by atoms with van der Waals surface area (Å²) < 4.78 is 6.42. The van der Waals surface area contributed by atoms with E-state index in [-0.39, 0.29) is 5.60 Å². The summed E-state index contributed by atoms with van der Waals surface area (Å²) in [6.45, 7) is 8.80. The highest BCUT2D eigenvalue weighted by Gasteiger charge is 2.35. The molecule has 0 spiro atoms. The van der Waals surface area contributed by atoms with Crippen LogP contribution in [0.25, 0.3) is 0 Å². The van der Waals surface area contributed by atoms with Crippen molar-refractivity contribution < 1.29 is 4.74 Å². The van der Waals surface area contributed by atoms with Crippen LogP contribution in [0.15, 0.2) is 0 Å². The Balaban J connectivity index is 2.26. The Morgan fingerprint density at radius 3 is 2.44 bits per heavy atom. The maximum Gasteiger partial charge on any atom is 0.0809 e. The van der Waals surface area contributed by atoms with Crippen molar-refractivity contribution in [3.05, 3.63) is 0 Å². The molecule has 0 bridgehead atoms. The van der Waals surface area contributed by atoms with Gasteiger partial charge in [0.1, 0.15) is 0 Å². The molecule has 0 heterocycles. The van der Waals surface area contributed by atoms with Gasteiger partial charge in [0.15, 0.2) is 0 Å². The van der Waals surface area contributed by atoms with E-state index in [1.165, 1.54) is 57.8 Å². The van der Waals surface area contributed by atoms with Crippen LogP contribution < -0.4 is 5.32 Å². The molecule has 1 aliphatic carbocycles. The van der Waals surface area contributed by atoms with Crippen LogP contribution in [0, 0.1) is 0 Å². The minimum atomic E-state index is 0.153. The maximum atomic E-state index is 6.42. The van der Waals surface area contributed by atoms with Crippen LogP contribution in [0.2, 0.25) is 0 Å². The monoisotopic (exact) mass is 255 g/mol. The standard InChI is InChI=1S/C16H33NO/c1-4-6-7-8-11-15(3)18-16(14-17-5-2)12-9-10-13-16/h15,17H,4-14H2,1-3H3. The van der Waals surface area contributed by atoms with Crippen LogP contribution in [0.4, 0.5) is 0 Å². The molecule has 1 saturated carbocycles. The van der Waals surface area contributed by atoms with E-state index < -0.39 is 0 Å². The van der Waals surface area contributed by atoms with Gasteiger partial charge < -0.3 is 10.1 Å². The molecule has 0 aromatic carbocycles. The average Bonchev–Trinajstić information content (AvgIpc) is 2.81. The van der Waals surface area contributed by atoms with E-state index in [0.717, 1.165) is 13.1 Å². The van der Waals surface area contributed by atoms with E-state index in [2.05, 4.69) is 26.1 Å². The molecule has 1 N–H and O–H groups in total. The predicted molar refractivity (Wildman–Crippen MR) is 79.0 cm³/mol. The summed E-state index contributed by atoms with van der Waals surface area (Å²) >= 11 is 0. The van der Waals surface area contributed by atoms with Crippen molar-refractivity contribution in [3.63, 3.8) is 0 Å². The van der Waals surface area contributed by atoms with Crippen molar-refractivity contribution in [2.75, 3.05) is 13.1 Å². The van der Waals surface area contributed by atoms with Gasteiger partial charge in [-0.25, -0.2) is 0 Å². The number of hydrogen-bond acceptors (Lipinski definition) is 2. The van der Waals surface area contributed by atoms with Crippen LogP contribution in [0.1, 0.15) is 78.6 Å². The van der Waals surface area contributed by atoms with Crippen molar-refractivity contribution in [3.8, 4) is 0 Å². The number of rotatable bonds is 10. The molecule has 0 radical (unpaired) electrons. The first kappa shape index (κ1) is 16.0. The van der Waals surface area contributed by atoms with Crippen LogP contribution >= 0.6 is 0 Å². The van der Waals surface area contributed by atoms with Gasteiger partial charge in [0.25, 0.3) is 0 Å². The third-order valence-corrected chi connectivity index (χ3v) is 4.13. The highest BCUT2D eigenvalue weighted by molar-refractivity contribution is 4.89. The lowest BCUT2D eigenvalue weighted by Gasteiger charge is -2.33. The van der Waals surface area contributed by atoms with Crippen molar-refractivity contribution in [2.24, 2.45) is 0 Å². The lowest BCUT2D eigenvalue weighted by molar-refractivity contribution is -0.0843. The summed E-state index contributed by atoms with van der Waals surface area (Å²) in [4.78, 5) is 0. The fourth-order valence-corrected chi connectivity index (χ4v) is 3.05. The van der Waals surface area contributed by atoms with Gasteiger partial charge >= 0.3 is 0 Å². The fraction of sp³-hybridized carbons (Fsp3) is 1.00. The Labute approximate surface area is 114 Å². The molecule has 18 heavy (non-hydrogen) atoms. The van der Waals surface area contributed by atoms with Gasteiger partial charge in [0.2, 0.25) is 0 Å². The molecule has 1 rings (SSSR count). The summed E-state index contributed by atoms with van der Waals surface area (Å²) in [6, 6.07) is 0. The Morgan fingerprint density at radius 1 is 1.11 bits per heavy atom. The second-order valence-corrected chi connectivity index (χ2v) is 5.95. The van der Waals surface area contributed by atoms with Gasteiger partial charge in [0.05, 0.1) is 11.7 Å². The number of likely N-dealkylation sites (N-methyl/N-ethyl adjacent to an activating group) is 1. The Kier molecular flexibility index (Phi) is 7.92. The van der Waals surface area contributed by atoms with Crippen LogP contribution in [0.5, 0.6) is 0 Å². The Bertz CT molecular complexity index is 199. The van der Waals surface area contributed by atoms with Gasteiger partial charge in [0, 0.05) is 6.54 Å². The van der Waals surface area contributed by atoms with Crippen molar-refractivity contribution >= 4 is 0 Å². The largest absolute Gasteiger partial charge is 0.371 e. The van der Waals surface area contributed by atoms with E-state index in [4.69, 9.17) is 4.74 Å². The summed E-state index contributed by atoms with van der Waals surface area (Å²) in [6.07, 6.45) is 12.2. The van der Waals surface area contributed by atoms with Crippen molar-refractivity contribution in [1.82, 2.24) is 5.32 Å². The molecule has 1 atom stereocenters. The highest BCUT2D eigenvalue weighted by Crippen LogP contribution is 2.34. The average molecular weight is 255 g/mol. The first-order chi connectivity index (χ1) is 8.72. The summed E-state index contributed by atoms with van der Waals surface area (Å²) in [5, 5.41) is 3.49. The quantitative estimate of drug-likeness (QED) is 0.588. The minimum Gasteiger partial charge on any atom is -0.371 e. The predicted octanol–water partition coefficient (Wildman–Crippen LogP) is 4.28. The summed E-state index contributed by atoms with van der Waals surface area (Å²) in [5.41, 5.74) is 0.153. The number of nitrogens with one attached hydrogen (secondary N) is 1. The Hall–Kier alpha value is -0.0800. The zero-order valence-corrected chi connectivity index (χ0v) is 12.8. The van der Waals surface area contributed by atoms with E-state index in [0.29, 0.717) is 6.10 Å². The first-order valence-corrected chi connectivity index (χ1v) is 8.11. The molecule has 2 heteroatoms.